The zero-order valence-electron chi connectivity index (χ0n) is 12.6. The Morgan fingerprint density at radius 2 is 1.80 bits per heavy atom. The van der Waals surface area contributed by atoms with Crippen LogP contribution in [0.15, 0.2) is 24.3 Å². The molecule has 1 aromatic heterocycles. The predicted molar refractivity (Wildman–Crippen MR) is 83.0 cm³/mol. The minimum Gasteiger partial charge on any atom is -0.383 e. The third-order valence-electron chi connectivity index (χ3n) is 3.39. The fourth-order valence-corrected chi connectivity index (χ4v) is 3.38. The van der Waals surface area contributed by atoms with Crippen molar-refractivity contribution in [1.82, 2.24) is 0 Å². The number of benzene rings is 1. The molecule has 0 saturated carbocycles. The normalized spacial score (nSPS) is 13.6. The van der Waals surface area contributed by atoms with Gasteiger partial charge in [0, 0.05) is 15.3 Å². The Kier molecular flexibility index (Phi) is 4.03. The van der Waals surface area contributed by atoms with Crippen LogP contribution in [0.2, 0.25) is 0 Å². The van der Waals surface area contributed by atoms with Crippen LogP contribution in [0.25, 0.3) is 0 Å². The largest absolute Gasteiger partial charge is 0.383 e. The summed E-state index contributed by atoms with van der Waals surface area (Å²) in [5.74, 6) is -0.333. The molecule has 1 aromatic carbocycles. The Bertz CT molecular complexity index is 599. The van der Waals surface area contributed by atoms with Gasteiger partial charge in [-0.1, -0.05) is 26.8 Å². The van der Waals surface area contributed by atoms with Gasteiger partial charge in [0.25, 0.3) is 0 Å². The molecule has 1 nitrogen and oxygen atoms in total. The van der Waals surface area contributed by atoms with Crippen molar-refractivity contribution in [2.75, 3.05) is 0 Å². The van der Waals surface area contributed by atoms with E-state index in [0.29, 0.717) is 5.56 Å². The number of rotatable bonds is 2. The second kappa shape index (κ2) is 5.30. The summed E-state index contributed by atoms with van der Waals surface area (Å²) in [6, 6.07) is 7.29. The second-order valence-electron chi connectivity index (χ2n) is 6.33. The number of thiophene rings is 1. The standard InChI is InChI=1S/C17H21FOS/c1-10-8-11(2)15(12(18)9-10)16(19)13-6-7-14(20-13)17(3,4)5/h6-9,16,19H,1-5H3. The molecule has 1 heterocycles. The molecule has 1 N–H and O–H groups in total. The van der Waals surface area contributed by atoms with Crippen LogP contribution in [0.5, 0.6) is 0 Å². The van der Waals surface area contributed by atoms with Gasteiger partial charge >= 0.3 is 0 Å². The van der Waals surface area contributed by atoms with Crippen molar-refractivity contribution in [2.24, 2.45) is 0 Å². The Labute approximate surface area is 124 Å². The van der Waals surface area contributed by atoms with E-state index in [-0.39, 0.29) is 11.2 Å². The van der Waals surface area contributed by atoms with Gasteiger partial charge in [0.15, 0.2) is 0 Å². The third-order valence-corrected chi connectivity index (χ3v) is 4.95. The topological polar surface area (TPSA) is 20.2 Å². The van der Waals surface area contributed by atoms with Crippen LogP contribution in [0.1, 0.15) is 53.3 Å². The number of aryl methyl sites for hydroxylation is 2. The molecule has 0 aliphatic rings. The van der Waals surface area contributed by atoms with E-state index in [4.69, 9.17) is 0 Å². The van der Waals surface area contributed by atoms with E-state index in [0.717, 1.165) is 16.0 Å². The van der Waals surface area contributed by atoms with Gasteiger partial charge in [0.05, 0.1) is 0 Å². The molecule has 0 aliphatic carbocycles. The molecular formula is C17H21FOS. The Hall–Kier alpha value is -1.19. The summed E-state index contributed by atoms with van der Waals surface area (Å²) in [6.07, 6.45) is -0.892. The van der Waals surface area contributed by atoms with Crippen molar-refractivity contribution in [3.8, 4) is 0 Å². The smallest absolute Gasteiger partial charge is 0.129 e. The average molecular weight is 292 g/mol. The summed E-state index contributed by atoms with van der Waals surface area (Å²) in [4.78, 5) is 1.98. The molecule has 0 spiro atoms. The van der Waals surface area contributed by atoms with Crippen molar-refractivity contribution < 1.29 is 9.50 Å². The molecular weight excluding hydrogens is 271 g/mol. The SMILES string of the molecule is Cc1cc(C)c(C(O)c2ccc(C(C)(C)C)s2)c(F)c1. The summed E-state index contributed by atoms with van der Waals surface area (Å²) >= 11 is 1.55. The van der Waals surface area contributed by atoms with Crippen LogP contribution in [0, 0.1) is 19.7 Å². The summed E-state index contributed by atoms with van der Waals surface area (Å²) in [6.45, 7) is 10.1. The van der Waals surface area contributed by atoms with Crippen LogP contribution >= 0.6 is 11.3 Å². The van der Waals surface area contributed by atoms with Gasteiger partial charge in [-0.25, -0.2) is 4.39 Å². The zero-order chi connectivity index (χ0) is 15.1. The molecule has 1 atom stereocenters. The minimum absolute atomic E-state index is 0.0451. The lowest BCUT2D eigenvalue weighted by Crippen LogP contribution is -2.08. The van der Waals surface area contributed by atoms with Gasteiger partial charge in [0.1, 0.15) is 11.9 Å². The minimum atomic E-state index is -0.892. The Morgan fingerprint density at radius 1 is 1.15 bits per heavy atom. The predicted octanol–water partition coefficient (Wildman–Crippen LogP) is 4.88. The van der Waals surface area contributed by atoms with Crippen molar-refractivity contribution in [3.63, 3.8) is 0 Å². The van der Waals surface area contributed by atoms with Crippen LogP contribution in [0.4, 0.5) is 4.39 Å². The number of hydrogen-bond acceptors (Lipinski definition) is 2. The maximum Gasteiger partial charge on any atom is 0.129 e. The number of halogens is 1. The van der Waals surface area contributed by atoms with E-state index >= 15 is 0 Å². The summed E-state index contributed by atoms with van der Waals surface area (Å²) in [5, 5.41) is 10.5. The lowest BCUT2D eigenvalue weighted by molar-refractivity contribution is 0.218. The van der Waals surface area contributed by atoms with Gasteiger partial charge < -0.3 is 5.11 Å². The highest BCUT2D eigenvalue weighted by molar-refractivity contribution is 7.12. The van der Waals surface area contributed by atoms with Gasteiger partial charge in [-0.2, -0.15) is 0 Å². The van der Waals surface area contributed by atoms with E-state index in [1.165, 1.54) is 10.9 Å². The lowest BCUT2D eigenvalue weighted by atomic mass is 9.95. The molecule has 2 rings (SSSR count). The maximum absolute atomic E-state index is 14.1. The number of aliphatic hydroxyl groups excluding tert-OH is 1. The first kappa shape index (κ1) is 15.2. The van der Waals surface area contributed by atoms with Crippen LogP contribution in [0.3, 0.4) is 0 Å². The van der Waals surface area contributed by atoms with Crippen LogP contribution in [-0.4, -0.2) is 5.11 Å². The molecule has 0 bridgehead atoms. The molecule has 0 radical (unpaired) electrons. The highest BCUT2D eigenvalue weighted by atomic mass is 32.1. The summed E-state index contributed by atoms with van der Waals surface area (Å²) in [5.41, 5.74) is 2.10. The van der Waals surface area contributed by atoms with E-state index in [2.05, 4.69) is 20.8 Å². The molecule has 0 saturated heterocycles. The molecule has 0 amide bonds. The Morgan fingerprint density at radius 3 is 2.30 bits per heavy atom. The third kappa shape index (κ3) is 2.94. The maximum atomic E-state index is 14.1. The molecule has 0 aliphatic heterocycles. The van der Waals surface area contributed by atoms with Crippen molar-refractivity contribution in [3.05, 3.63) is 56.5 Å². The zero-order valence-corrected chi connectivity index (χ0v) is 13.4. The van der Waals surface area contributed by atoms with E-state index in [1.807, 2.05) is 32.0 Å². The number of aliphatic hydroxyl groups is 1. The fraction of sp³-hybridized carbons (Fsp3) is 0.412. The lowest BCUT2D eigenvalue weighted by Gasteiger charge is -2.17. The first-order valence-electron chi connectivity index (χ1n) is 6.75. The van der Waals surface area contributed by atoms with E-state index in [1.54, 1.807) is 11.3 Å². The summed E-state index contributed by atoms with van der Waals surface area (Å²) < 4.78 is 14.1. The van der Waals surface area contributed by atoms with Crippen LogP contribution < -0.4 is 0 Å². The first-order valence-corrected chi connectivity index (χ1v) is 7.56. The molecule has 108 valence electrons. The van der Waals surface area contributed by atoms with Crippen molar-refractivity contribution >= 4 is 11.3 Å². The molecule has 2 aromatic rings. The highest BCUT2D eigenvalue weighted by Crippen LogP contribution is 2.36. The summed E-state index contributed by atoms with van der Waals surface area (Å²) in [7, 11) is 0. The van der Waals surface area contributed by atoms with Crippen molar-refractivity contribution in [1.29, 1.82) is 0 Å². The van der Waals surface area contributed by atoms with Gasteiger partial charge in [0.2, 0.25) is 0 Å². The second-order valence-corrected chi connectivity index (χ2v) is 7.45. The molecule has 20 heavy (non-hydrogen) atoms. The number of hydrogen-bond donors (Lipinski definition) is 1. The average Bonchev–Trinajstić information content (AvgIpc) is 2.75. The quantitative estimate of drug-likeness (QED) is 0.836. The molecule has 0 fully saturated rings. The van der Waals surface area contributed by atoms with E-state index < -0.39 is 6.10 Å². The van der Waals surface area contributed by atoms with E-state index in [9.17, 15) is 9.50 Å². The van der Waals surface area contributed by atoms with Gasteiger partial charge in [-0.3, -0.25) is 0 Å². The fourth-order valence-electron chi connectivity index (χ4n) is 2.32. The van der Waals surface area contributed by atoms with Crippen LogP contribution in [-0.2, 0) is 5.41 Å². The molecule has 3 heteroatoms. The Balaban J connectivity index is 2.42. The monoisotopic (exact) mass is 292 g/mol. The molecule has 1 unspecified atom stereocenters. The van der Waals surface area contributed by atoms with Gasteiger partial charge in [-0.15, -0.1) is 11.3 Å². The van der Waals surface area contributed by atoms with Crippen molar-refractivity contribution in [2.45, 2.75) is 46.1 Å². The highest BCUT2D eigenvalue weighted by Gasteiger charge is 2.22. The first-order chi connectivity index (χ1) is 9.20. The van der Waals surface area contributed by atoms with Gasteiger partial charge in [-0.05, 0) is 48.6 Å².